The SMILES string of the molecule is CC(CO)N(C)C(=O)c1ccc(-c2nc(C3CC3)no2)cc1. The highest BCUT2D eigenvalue weighted by molar-refractivity contribution is 5.94. The zero-order chi connectivity index (χ0) is 15.7. The molecule has 0 bridgehead atoms. The summed E-state index contributed by atoms with van der Waals surface area (Å²) in [5.74, 6) is 1.58. The molecule has 1 saturated carbocycles. The first-order chi connectivity index (χ1) is 10.6. The Morgan fingerprint density at radius 2 is 2.09 bits per heavy atom. The second-order valence-corrected chi connectivity index (χ2v) is 5.76. The fourth-order valence-corrected chi connectivity index (χ4v) is 2.14. The first-order valence-electron chi connectivity index (χ1n) is 7.42. The molecule has 1 unspecified atom stereocenters. The molecule has 1 amide bonds. The van der Waals surface area contributed by atoms with Gasteiger partial charge in [0, 0.05) is 24.1 Å². The molecular weight excluding hydrogens is 282 g/mol. The van der Waals surface area contributed by atoms with Crippen molar-refractivity contribution in [1.82, 2.24) is 15.0 Å². The lowest BCUT2D eigenvalue weighted by Gasteiger charge is -2.23. The lowest BCUT2D eigenvalue weighted by molar-refractivity contribution is 0.0682. The Labute approximate surface area is 128 Å². The van der Waals surface area contributed by atoms with Crippen LogP contribution in [0.1, 0.15) is 41.9 Å². The molecule has 1 aromatic heterocycles. The molecule has 2 aromatic rings. The number of benzene rings is 1. The van der Waals surface area contributed by atoms with Crippen LogP contribution in [0.25, 0.3) is 11.5 Å². The maximum absolute atomic E-state index is 12.3. The number of carbonyl (C=O) groups is 1. The number of rotatable bonds is 5. The van der Waals surface area contributed by atoms with Gasteiger partial charge in [-0.2, -0.15) is 4.98 Å². The second-order valence-electron chi connectivity index (χ2n) is 5.76. The Kier molecular flexibility index (Phi) is 3.94. The molecule has 1 aliphatic rings. The number of aliphatic hydroxyl groups excluding tert-OH is 1. The van der Waals surface area contributed by atoms with Gasteiger partial charge in [0.25, 0.3) is 11.8 Å². The van der Waals surface area contributed by atoms with Crippen LogP contribution in [0.15, 0.2) is 28.8 Å². The summed E-state index contributed by atoms with van der Waals surface area (Å²) in [6.07, 6.45) is 2.25. The van der Waals surface area contributed by atoms with E-state index in [1.165, 1.54) is 4.90 Å². The van der Waals surface area contributed by atoms with E-state index in [1.807, 2.05) is 0 Å². The molecule has 0 spiro atoms. The minimum atomic E-state index is -0.218. The largest absolute Gasteiger partial charge is 0.394 e. The van der Waals surface area contributed by atoms with Crippen LogP contribution in [-0.4, -0.2) is 45.8 Å². The van der Waals surface area contributed by atoms with E-state index in [9.17, 15) is 4.79 Å². The van der Waals surface area contributed by atoms with Crippen LogP contribution in [0.2, 0.25) is 0 Å². The van der Waals surface area contributed by atoms with Gasteiger partial charge in [0.1, 0.15) is 0 Å². The highest BCUT2D eigenvalue weighted by Crippen LogP contribution is 2.38. The highest BCUT2D eigenvalue weighted by Gasteiger charge is 2.29. The van der Waals surface area contributed by atoms with Crippen LogP contribution in [0.4, 0.5) is 0 Å². The number of carbonyl (C=O) groups excluding carboxylic acids is 1. The number of aromatic nitrogens is 2. The van der Waals surface area contributed by atoms with Gasteiger partial charge in [-0.3, -0.25) is 4.79 Å². The van der Waals surface area contributed by atoms with E-state index in [0.29, 0.717) is 17.4 Å². The van der Waals surface area contributed by atoms with Crippen molar-refractivity contribution < 1.29 is 14.4 Å². The van der Waals surface area contributed by atoms with Crippen LogP contribution in [0, 0.1) is 0 Å². The Morgan fingerprint density at radius 1 is 1.41 bits per heavy atom. The summed E-state index contributed by atoms with van der Waals surface area (Å²) in [5.41, 5.74) is 1.36. The van der Waals surface area contributed by atoms with Crippen LogP contribution >= 0.6 is 0 Å². The van der Waals surface area contributed by atoms with Crippen molar-refractivity contribution >= 4 is 5.91 Å². The normalized spacial score (nSPS) is 15.6. The van der Waals surface area contributed by atoms with Gasteiger partial charge in [-0.25, -0.2) is 0 Å². The zero-order valence-electron chi connectivity index (χ0n) is 12.7. The average molecular weight is 301 g/mol. The minimum Gasteiger partial charge on any atom is -0.394 e. The summed E-state index contributed by atoms with van der Waals surface area (Å²) in [7, 11) is 1.68. The molecule has 22 heavy (non-hydrogen) atoms. The van der Waals surface area contributed by atoms with Crippen LogP contribution in [0.5, 0.6) is 0 Å². The molecule has 116 valence electrons. The highest BCUT2D eigenvalue weighted by atomic mass is 16.5. The third kappa shape index (κ3) is 2.87. The molecule has 0 radical (unpaired) electrons. The van der Waals surface area contributed by atoms with Crippen molar-refractivity contribution in [1.29, 1.82) is 0 Å². The second kappa shape index (κ2) is 5.88. The van der Waals surface area contributed by atoms with Crippen LogP contribution in [-0.2, 0) is 0 Å². The lowest BCUT2D eigenvalue weighted by atomic mass is 10.1. The van der Waals surface area contributed by atoms with Crippen molar-refractivity contribution in [3.63, 3.8) is 0 Å². The predicted octanol–water partition coefficient (Wildman–Crippen LogP) is 2.07. The molecule has 1 N–H and O–H groups in total. The standard InChI is InChI=1S/C16H19N3O3/c1-10(9-20)19(2)16(21)13-7-5-12(6-8-13)15-17-14(18-22-15)11-3-4-11/h5-8,10-11,20H,3-4,9H2,1-2H3. The molecule has 1 aromatic carbocycles. The van der Waals surface area contributed by atoms with Gasteiger partial charge >= 0.3 is 0 Å². The van der Waals surface area contributed by atoms with E-state index in [2.05, 4.69) is 10.1 Å². The number of aliphatic hydroxyl groups is 1. The summed E-state index contributed by atoms with van der Waals surface area (Å²) >= 11 is 0. The smallest absolute Gasteiger partial charge is 0.257 e. The summed E-state index contributed by atoms with van der Waals surface area (Å²) in [4.78, 5) is 18.2. The van der Waals surface area contributed by atoms with E-state index in [1.54, 1.807) is 38.2 Å². The number of nitrogens with zero attached hydrogens (tertiary/aromatic N) is 3. The number of hydrogen-bond acceptors (Lipinski definition) is 5. The van der Waals surface area contributed by atoms with E-state index >= 15 is 0 Å². The van der Waals surface area contributed by atoms with Gasteiger partial charge < -0.3 is 14.5 Å². The van der Waals surface area contributed by atoms with Crippen molar-refractivity contribution in [2.24, 2.45) is 0 Å². The van der Waals surface area contributed by atoms with Crippen LogP contribution in [0.3, 0.4) is 0 Å². The average Bonchev–Trinajstić information content (AvgIpc) is 3.30. The molecule has 3 rings (SSSR count). The van der Waals surface area contributed by atoms with E-state index in [0.717, 1.165) is 24.2 Å². The van der Waals surface area contributed by atoms with E-state index in [-0.39, 0.29) is 18.6 Å². The number of likely N-dealkylation sites (N-methyl/N-ethyl adjacent to an activating group) is 1. The molecule has 6 heteroatoms. The summed E-state index contributed by atoms with van der Waals surface area (Å²) < 4.78 is 5.27. The Balaban J connectivity index is 1.75. The van der Waals surface area contributed by atoms with Crippen molar-refractivity contribution in [3.05, 3.63) is 35.7 Å². The van der Waals surface area contributed by atoms with E-state index < -0.39 is 0 Å². The summed E-state index contributed by atoms with van der Waals surface area (Å²) in [5, 5.41) is 13.1. The van der Waals surface area contributed by atoms with Gasteiger partial charge in [0.05, 0.1) is 12.6 Å². The molecular formula is C16H19N3O3. The van der Waals surface area contributed by atoms with Gasteiger partial charge in [0.15, 0.2) is 5.82 Å². The molecule has 1 atom stereocenters. The Hall–Kier alpha value is -2.21. The molecule has 1 heterocycles. The predicted molar refractivity (Wildman–Crippen MR) is 80.4 cm³/mol. The van der Waals surface area contributed by atoms with Gasteiger partial charge in [0.2, 0.25) is 0 Å². The zero-order valence-corrected chi connectivity index (χ0v) is 12.7. The van der Waals surface area contributed by atoms with Crippen LogP contribution < -0.4 is 0 Å². The molecule has 0 saturated heterocycles. The Morgan fingerprint density at radius 3 is 2.68 bits per heavy atom. The van der Waals surface area contributed by atoms with Gasteiger partial charge in [-0.05, 0) is 44.0 Å². The monoisotopic (exact) mass is 301 g/mol. The lowest BCUT2D eigenvalue weighted by Crippen LogP contribution is -2.37. The van der Waals surface area contributed by atoms with Crippen molar-refractivity contribution in [3.8, 4) is 11.5 Å². The summed E-state index contributed by atoms with van der Waals surface area (Å²) in [6, 6.07) is 6.85. The number of hydrogen-bond donors (Lipinski definition) is 1. The minimum absolute atomic E-state index is 0.0632. The first-order valence-corrected chi connectivity index (χ1v) is 7.42. The number of amides is 1. The first kappa shape index (κ1) is 14.7. The van der Waals surface area contributed by atoms with E-state index in [4.69, 9.17) is 9.63 Å². The fourth-order valence-electron chi connectivity index (χ4n) is 2.14. The third-order valence-electron chi connectivity index (χ3n) is 4.01. The Bertz CT molecular complexity index is 662. The van der Waals surface area contributed by atoms with Crippen molar-refractivity contribution in [2.75, 3.05) is 13.7 Å². The molecule has 0 aliphatic heterocycles. The van der Waals surface area contributed by atoms with Gasteiger partial charge in [-0.15, -0.1) is 0 Å². The molecule has 1 fully saturated rings. The maximum Gasteiger partial charge on any atom is 0.257 e. The fraction of sp³-hybridized carbons (Fsp3) is 0.438. The molecule has 6 nitrogen and oxygen atoms in total. The topological polar surface area (TPSA) is 79.5 Å². The quantitative estimate of drug-likeness (QED) is 0.914. The maximum atomic E-state index is 12.3. The summed E-state index contributed by atoms with van der Waals surface area (Å²) in [6.45, 7) is 1.73. The molecule has 1 aliphatic carbocycles. The third-order valence-corrected chi connectivity index (χ3v) is 4.01. The van der Waals surface area contributed by atoms with Gasteiger partial charge in [-0.1, -0.05) is 5.16 Å². The van der Waals surface area contributed by atoms with Crippen molar-refractivity contribution in [2.45, 2.75) is 31.7 Å².